The Hall–Kier alpha value is -2.34. The number of anilines is 1. The van der Waals surface area contributed by atoms with E-state index in [2.05, 4.69) is 10.1 Å². The third kappa shape index (κ3) is 2.90. The van der Waals surface area contributed by atoms with Crippen LogP contribution < -0.4 is 10.5 Å². The van der Waals surface area contributed by atoms with Crippen LogP contribution in [0, 0.1) is 13.8 Å². The number of ether oxygens (including phenoxy) is 1. The van der Waals surface area contributed by atoms with Gasteiger partial charge >= 0.3 is 0 Å². The smallest absolute Gasteiger partial charge is 0.180 e. The van der Waals surface area contributed by atoms with E-state index in [-0.39, 0.29) is 0 Å². The Morgan fingerprint density at radius 1 is 1.33 bits per heavy atom. The number of nitrogens with zero attached hydrogens (tertiary/aromatic N) is 2. The van der Waals surface area contributed by atoms with Gasteiger partial charge in [0.1, 0.15) is 18.1 Å². The average molecular weight is 301 g/mol. The van der Waals surface area contributed by atoms with Crippen LogP contribution in [0.15, 0.2) is 34.2 Å². The van der Waals surface area contributed by atoms with Crippen LogP contribution in [0.1, 0.15) is 17.0 Å². The highest BCUT2D eigenvalue weighted by atomic mass is 32.1. The molecule has 0 aliphatic heterocycles. The van der Waals surface area contributed by atoms with Gasteiger partial charge in [0.05, 0.1) is 17.0 Å². The molecule has 0 saturated carbocycles. The molecule has 0 aliphatic carbocycles. The number of hydrogen-bond donors (Lipinski definition) is 1. The van der Waals surface area contributed by atoms with E-state index in [9.17, 15) is 0 Å². The van der Waals surface area contributed by atoms with Crippen molar-refractivity contribution in [3.63, 3.8) is 0 Å². The third-order valence-electron chi connectivity index (χ3n) is 3.22. The van der Waals surface area contributed by atoms with Crippen LogP contribution in [0.3, 0.4) is 0 Å². The summed E-state index contributed by atoms with van der Waals surface area (Å²) in [6.07, 6.45) is 0. The first kappa shape index (κ1) is 13.6. The molecule has 0 aliphatic rings. The summed E-state index contributed by atoms with van der Waals surface area (Å²) in [4.78, 5) is 4.28. The second kappa shape index (κ2) is 5.57. The van der Waals surface area contributed by atoms with Crippen molar-refractivity contribution in [1.29, 1.82) is 0 Å². The average Bonchev–Trinajstić information content (AvgIpc) is 3.04. The minimum Gasteiger partial charge on any atom is -0.489 e. The molecule has 0 radical (unpaired) electrons. The number of aryl methyl sites for hydroxylation is 2. The van der Waals surface area contributed by atoms with Crippen molar-refractivity contribution in [3.05, 3.63) is 46.7 Å². The molecule has 3 rings (SSSR count). The van der Waals surface area contributed by atoms with Gasteiger partial charge in [-0.2, -0.15) is 0 Å². The first-order valence-electron chi connectivity index (χ1n) is 6.49. The topological polar surface area (TPSA) is 74.2 Å². The molecule has 6 heteroatoms. The Morgan fingerprint density at radius 2 is 2.19 bits per heavy atom. The zero-order valence-corrected chi connectivity index (χ0v) is 12.6. The molecule has 3 aromatic rings. The predicted octanol–water partition coefficient (Wildman–Crippen LogP) is 3.58. The second-order valence-electron chi connectivity index (χ2n) is 4.69. The summed E-state index contributed by atoms with van der Waals surface area (Å²) in [6.45, 7) is 4.22. The zero-order valence-electron chi connectivity index (χ0n) is 11.8. The zero-order chi connectivity index (χ0) is 14.8. The number of hydrogen-bond acceptors (Lipinski definition) is 6. The Morgan fingerprint density at radius 3 is 2.86 bits per heavy atom. The second-order valence-corrected chi connectivity index (χ2v) is 5.58. The van der Waals surface area contributed by atoms with Gasteiger partial charge < -0.3 is 15.0 Å². The molecule has 21 heavy (non-hydrogen) atoms. The molecule has 108 valence electrons. The van der Waals surface area contributed by atoms with E-state index < -0.39 is 0 Å². The summed E-state index contributed by atoms with van der Waals surface area (Å²) >= 11 is 1.43. The first-order valence-corrected chi connectivity index (χ1v) is 7.37. The van der Waals surface area contributed by atoms with Crippen molar-refractivity contribution in [2.75, 3.05) is 5.73 Å². The molecule has 1 aromatic carbocycles. The predicted molar refractivity (Wildman–Crippen MR) is 82.3 cm³/mol. The fraction of sp³-hybridized carbons (Fsp3) is 0.200. The Labute approximate surface area is 126 Å². The van der Waals surface area contributed by atoms with E-state index in [0.29, 0.717) is 11.7 Å². The van der Waals surface area contributed by atoms with Crippen molar-refractivity contribution in [2.45, 2.75) is 20.5 Å². The number of benzene rings is 1. The van der Waals surface area contributed by atoms with Crippen LogP contribution in [-0.2, 0) is 6.61 Å². The van der Waals surface area contributed by atoms with Gasteiger partial charge in [-0.3, -0.25) is 0 Å². The first-order chi connectivity index (χ1) is 10.1. The van der Waals surface area contributed by atoms with E-state index in [1.54, 1.807) is 0 Å². The summed E-state index contributed by atoms with van der Waals surface area (Å²) in [7, 11) is 0. The standard InChI is InChI=1S/C15H15N3O2S/c1-9-13(10(2)20-18-9)7-19-12-5-3-4-11(6-12)14-8-21-15(16)17-14/h3-6,8H,7H2,1-2H3,(H2,16,17). The Kier molecular flexibility index (Phi) is 3.62. The maximum absolute atomic E-state index is 5.83. The van der Waals surface area contributed by atoms with Gasteiger partial charge in [-0.1, -0.05) is 17.3 Å². The van der Waals surface area contributed by atoms with Gasteiger partial charge in [-0.05, 0) is 26.0 Å². The van der Waals surface area contributed by atoms with Crippen LogP contribution in [0.5, 0.6) is 5.75 Å². The van der Waals surface area contributed by atoms with Gasteiger partial charge in [0.25, 0.3) is 0 Å². The fourth-order valence-corrected chi connectivity index (χ4v) is 2.60. The van der Waals surface area contributed by atoms with Gasteiger partial charge in [-0.25, -0.2) is 4.98 Å². The van der Waals surface area contributed by atoms with Crippen molar-refractivity contribution in [1.82, 2.24) is 10.1 Å². The fourth-order valence-electron chi connectivity index (χ4n) is 2.03. The number of rotatable bonds is 4. The molecule has 0 saturated heterocycles. The van der Waals surface area contributed by atoms with Gasteiger partial charge in [0.2, 0.25) is 0 Å². The van der Waals surface area contributed by atoms with Gasteiger partial charge in [-0.15, -0.1) is 11.3 Å². The van der Waals surface area contributed by atoms with E-state index in [1.807, 2.05) is 43.5 Å². The van der Waals surface area contributed by atoms with Crippen molar-refractivity contribution in [2.24, 2.45) is 0 Å². The number of nitrogens with two attached hydrogens (primary N) is 1. The monoisotopic (exact) mass is 301 g/mol. The maximum Gasteiger partial charge on any atom is 0.180 e. The summed E-state index contributed by atoms with van der Waals surface area (Å²) in [6, 6.07) is 7.79. The van der Waals surface area contributed by atoms with Crippen LogP contribution in [0.25, 0.3) is 11.3 Å². The van der Waals surface area contributed by atoms with Crippen molar-refractivity contribution >= 4 is 16.5 Å². The lowest BCUT2D eigenvalue weighted by molar-refractivity contribution is 0.302. The number of aromatic nitrogens is 2. The van der Waals surface area contributed by atoms with Crippen molar-refractivity contribution in [3.8, 4) is 17.0 Å². The van der Waals surface area contributed by atoms with E-state index in [1.165, 1.54) is 11.3 Å². The lowest BCUT2D eigenvalue weighted by Gasteiger charge is -2.07. The largest absolute Gasteiger partial charge is 0.489 e. The highest BCUT2D eigenvalue weighted by Crippen LogP contribution is 2.27. The highest BCUT2D eigenvalue weighted by molar-refractivity contribution is 7.13. The summed E-state index contributed by atoms with van der Waals surface area (Å²) in [5.74, 6) is 1.56. The lowest BCUT2D eigenvalue weighted by atomic mass is 10.1. The molecule has 2 aromatic heterocycles. The number of nitrogen functional groups attached to an aromatic ring is 1. The SMILES string of the molecule is Cc1noc(C)c1COc1cccc(-c2csc(N)n2)c1. The van der Waals surface area contributed by atoms with Crippen molar-refractivity contribution < 1.29 is 9.26 Å². The molecule has 0 unspecified atom stereocenters. The summed E-state index contributed by atoms with van der Waals surface area (Å²) < 4.78 is 11.0. The van der Waals surface area contributed by atoms with E-state index in [4.69, 9.17) is 15.0 Å². The van der Waals surface area contributed by atoms with Gasteiger partial charge in [0, 0.05) is 10.9 Å². The summed E-state index contributed by atoms with van der Waals surface area (Å²) in [5.41, 5.74) is 9.36. The molecule has 0 spiro atoms. The van der Waals surface area contributed by atoms with E-state index in [0.717, 1.165) is 34.0 Å². The Balaban J connectivity index is 1.78. The molecule has 0 fully saturated rings. The lowest BCUT2D eigenvalue weighted by Crippen LogP contribution is -1.98. The quantitative estimate of drug-likeness (QED) is 0.797. The third-order valence-corrected chi connectivity index (χ3v) is 3.89. The van der Waals surface area contributed by atoms with Crippen LogP contribution >= 0.6 is 11.3 Å². The molecule has 2 N–H and O–H groups in total. The van der Waals surface area contributed by atoms with E-state index >= 15 is 0 Å². The summed E-state index contributed by atoms with van der Waals surface area (Å²) in [5, 5.41) is 6.41. The molecular formula is C15H15N3O2S. The highest BCUT2D eigenvalue weighted by Gasteiger charge is 2.10. The van der Waals surface area contributed by atoms with Crippen LogP contribution in [0.4, 0.5) is 5.13 Å². The molecule has 2 heterocycles. The minimum atomic E-state index is 0.434. The molecule has 0 bridgehead atoms. The molecule has 0 amide bonds. The molecule has 5 nitrogen and oxygen atoms in total. The minimum absolute atomic E-state index is 0.434. The Bertz CT molecular complexity index is 744. The van der Waals surface area contributed by atoms with Gasteiger partial charge in [0.15, 0.2) is 5.13 Å². The van der Waals surface area contributed by atoms with Crippen LogP contribution in [-0.4, -0.2) is 10.1 Å². The molecular weight excluding hydrogens is 286 g/mol. The number of thiazole rings is 1. The van der Waals surface area contributed by atoms with Crippen LogP contribution in [0.2, 0.25) is 0 Å². The normalized spacial score (nSPS) is 10.8. The maximum atomic E-state index is 5.83. The molecule has 0 atom stereocenters.